The van der Waals surface area contributed by atoms with Gasteiger partial charge in [-0.2, -0.15) is 0 Å². The number of ketones is 1. The van der Waals surface area contributed by atoms with E-state index in [1.54, 1.807) is 32.1 Å². The van der Waals surface area contributed by atoms with Crippen LogP contribution in [0.4, 0.5) is 0 Å². The number of carbonyl (C=O) groups excluding carboxylic acids is 3. The number of Topliss-reactive ketones (excluding diaryl/α,β-unsaturated/α-hetero) is 1. The lowest BCUT2D eigenvalue weighted by Gasteiger charge is -1.89. The second-order valence-corrected chi connectivity index (χ2v) is 6.42. The van der Waals surface area contributed by atoms with Crippen LogP contribution < -0.4 is 0 Å². The molecule has 0 saturated carbocycles. The fraction of sp³-hybridized carbons (Fsp3) is 0.406. The molecule has 0 heterocycles. The van der Waals surface area contributed by atoms with Gasteiger partial charge in [-0.3, -0.25) is 14.4 Å². The Morgan fingerprint density at radius 2 is 1.09 bits per heavy atom. The molecule has 3 nitrogen and oxygen atoms in total. The fourth-order valence-electron chi connectivity index (χ4n) is 1.49. The van der Waals surface area contributed by atoms with Gasteiger partial charge in [0, 0.05) is 11.1 Å². The van der Waals surface area contributed by atoms with Gasteiger partial charge in [-0.25, -0.2) is 0 Å². The third-order valence-corrected chi connectivity index (χ3v) is 2.85. The maximum absolute atomic E-state index is 10.6. The summed E-state index contributed by atoms with van der Waals surface area (Å²) in [4.78, 5) is 30.6. The molecule has 0 aliphatic heterocycles. The zero-order valence-electron chi connectivity index (χ0n) is 24.3. The van der Waals surface area contributed by atoms with Crippen LogP contribution in [0.2, 0.25) is 0 Å². The van der Waals surface area contributed by atoms with Crippen molar-refractivity contribution in [2.24, 2.45) is 0 Å². The average Bonchev–Trinajstić information content (AvgIpc) is 2.92. The van der Waals surface area contributed by atoms with E-state index in [1.165, 1.54) is 12.8 Å². The lowest BCUT2D eigenvalue weighted by molar-refractivity contribution is -0.104. The summed E-state index contributed by atoms with van der Waals surface area (Å²) in [6.45, 7) is 21.7. The van der Waals surface area contributed by atoms with Crippen molar-refractivity contribution < 1.29 is 14.4 Å². The van der Waals surface area contributed by atoms with Crippen molar-refractivity contribution in [2.75, 3.05) is 0 Å². The predicted molar refractivity (Wildman–Crippen MR) is 158 cm³/mol. The van der Waals surface area contributed by atoms with Gasteiger partial charge in [-0.1, -0.05) is 147 Å². The van der Waals surface area contributed by atoms with Crippen molar-refractivity contribution in [2.45, 2.75) is 89.0 Å². The summed E-state index contributed by atoms with van der Waals surface area (Å²) < 4.78 is 0. The highest BCUT2D eigenvalue weighted by Gasteiger charge is 1.92. The first-order chi connectivity index (χ1) is 16.9. The van der Waals surface area contributed by atoms with E-state index in [4.69, 9.17) is 0 Å². The standard InChI is InChI=1S/C8H8O.C7H6O.C7H10O.2C3H8.2C2H6/c1-7(9)8-5-3-2-4-6-8;8-6-7-4-2-1-3-5-7;1-3-4-5-7(2)6-8;2*1-3-2;2*1-2/h2-6H,1H3;1-6H;3-6H,1-2H3;2*3H2,1-2H3;2*1-2H3/b;;4-3+,7-5+;;;;. The summed E-state index contributed by atoms with van der Waals surface area (Å²) >= 11 is 0. The molecular formula is C32H52O3. The number of hydrogen-bond donors (Lipinski definition) is 0. The van der Waals surface area contributed by atoms with E-state index in [2.05, 4.69) is 27.7 Å². The van der Waals surface area contributed by atoms with Gasteiger partial charge in [-0.15, -0.1) is 0 Å². The van der Waals surface area contributed by atoms with E-state index in [9.17, 15) is 14.4 Å². The Morgan fingerprint density at radius 3 is 1.31 bits per heavy atom. The molecule has 2 aromatic carbocycles. The Balaban J connectivity index is -0.000000109. The summed E-state index contributed by atoms with van der Waals surface area (Å²) in [5.41, 5.74) is 2.26. The Labute approximate surface area is 217 Å². The summed E-state index contributed by atoms with van der Waals surface area (Å²) in [7, 11) is 0. The highest BCUT2D eigenvalue weighted by atomic mass is 16.1. The molecule has 0 N–H and O–H groups in total. The van der Waals surface area contributed by atoms with E-state index in [0.29, 0.717) is 0 Å². The molecule has 0 fully saturated rings. The minimum absolute atomic E-state index is 0.121. The van der Waals surface area contributed by atoms with E-state index in [-0.39, 0.29) is 5.78 Å². The zero-order chi connectivity index (χ0) is 28.3. The van der Waals surface area contributed by atoms with Crippen LogP contribution in [0.3, 0.4) is 0 Å². The molecular weight excluding hydrogens is 432 g/mol. The second-order valence-electron chi connectivity index (χ2n) is 6.42. The van der Waals surface area contributed by atoms with Crippen molar-refractivity contribution in [3.05, 3.63) is 95.6 Å². The lowest BCUT2D eigenvalue weighted by Crippen LogP contribution is -1.88. The molecule has 0 unspecified atom stereocenters. The Kier molecular flexibility index (Phi) is 49.6. The molecule has 0 bridgehead atoms. The minimum Gasteiger partial charge on any atom is -0.298 e. The zero-order valence-corrected chi connectivity index (χ0v) is 24.3. The van der Waals surface area contributed by atoms with Crippen molar-refractivity contribution in [3.8, 4) is 0 Å². The van der Waals surface area contributed by atoms with Gasteiger partial charge in [0.2, 0.25) is 0 Å². The Morgan fingerprint density at radius 1 is 0.714 bits per heavy atom. The molecule has 0 aromatic heterocycles. The molecule has 0 atom stereocenters. The maximum atomic E-state index is 10.6. The monoisotopic (exact) mass is 484 g/mol. The SMILES string of the molecule is C/C=C/C=C(\C)C=O.CC.CC.CC(=O)c1ccccc1.CCC.CCC.O=Cc1ccccc1. The molecule has 35 heavy (non-hydrogen) atoms. The molecule has 0 radical (unpaired) electrons. The van der Waals surface area contributed by atoms with Gasteiger partial charge in [0.05, 0.1) is 0 Å². The van der Waals surface area contributed by atoms with Crippen LogP contribution in [0.5, 0.6) is 0 Å². The molecule has 0 spiro atoms. The third kappa shape index (κ3) is 41.7. The van der Waals surface area contributed by atoms with Gasteiger partial charge in [-0.05, 0) is 26.3 Å². The number of allylic oxidation sites excluding steroid dienone is 4. The molecule has 0 aliphatic rings. The van der Waals surface area contributed by atoms with E-state index in [1.807, 2.05) is 95.3 Å². The van der Waals surface area contributed by atoms with E-state index >= 15 is 0 Å². The fourth-order valence-corrected chi connectivity index (χ4v) is 1.49. The number of hydrogen-bond acceptors (Lipinski definition) is 3. The Hall–Kier alpha value is -3.07. The van der Waals surface area contributed by atoms with Crippen molar-refractivity contribution in [1.82, 2.24) is 0 Å². The van der Waals surface area contributed by atoms with Crippen LogP contribution in [0.1, 0.15) is 110 Å². The van der Waals surface area contributed by atoms with E-state index in [0.717, 1.165) is 29.3 Å². The maximum Gasteiger partial charge on any atom is 0.159 e. The average molecular weight is 485 g/mol. The van der Waals surface area contributed by atoms with Crippen LogP contribution in [0.15, 0.2) is 84.5 Å². The highest BCUT2D eigenvalue weighted by Crippen LogP contribution is 1.97. The lowest BCUT2D eigenvalue weighted by atomic mass is 10.2. The van der Waals surface area contributed by atoms with Crippen LogP contribution in [-0.2, 0) is 4.79 Å². The summed E-state index contributed by atoms with van der Waals surface area (Å²) in [5, 5.41) is 0. The predicted octanol–water partition coefficient (Wildman–Crippen LogP) is 9.98. The number of carbonyl (C=O) groups is 3. The summed E-state index contributed by atoms with van der Waals surface area (Å²) in [6.07, 6.45) is 9.66. The molecule has 198 valence electrons. The smallest absolute Gasteiger partial charge is 0.159 e. The second kappa shape index (κ2) is 41.2. The van der Waals surface area contributed by atoms with Crippen LogP contribution in [0, 0.1) is 0 Å². The van der Waals surface area contributed by atoms with Gasteiger partial charge in [0.25, 0.3) is 0 Å². The molecule has 0 amide bonds. The largest absolute Gasteiger partial charge is 0.298 e. The number of rotatable bonds is 4. The van der Waals surface area contributed by atoms with Crippen molar-refractivity contribution in [3.63, 3.8) is 0 Å². The first kappa shape index (κ1) is 42.1. The molecule has 0 aliphatic carbocycles. The molecule has 2 rings (SSSR count). The first-order valence-electron chi connectivity index (χ1n) is 12.7. The normalized spacial score (nSPS) is 8.49. The number of benzene rings is 2. The van der Waals surface area contributed by atoms with Gasteiger partial charge < -0.3 is 0 Å². The highest BCUT2D eigenvalue weighted by molar-refractivity contribution is 5.93. The topological polar surface area (TPSA) is 51.2 Å². The van der Waals surface area contributed by atoms with Gasteiger partial charge in [0.15, 0.2) is 5.78 Å². The van der Waals surface area contributed by atoms with E-state index < -0.39 is 0 Å². The van der Waals surface area contributed by atoms with Crippen LogP contribution >= 0.6 is 0 Å². The third-order valence-electron chi connectivity index (χ3n) is 2.85. The van der Waals surface area contributed by atoms with Crippen molar-refractivity contribution >= 4 is 18.4 Å². The Bertz CT molecular complexity index is 713. The molecule has 0 saturated heterocycles. The van der Waals surface area contributed by atoms with Crippen LogP contribution in [0.25, 0.3) is 0 Å². The number of aldehydes is 2. The van der Waals surface area contributed by atoms with Gasteiger partial charge in [0.1, 0.15) is 12.6 Å². The summed E-state index contributed by atoms with van der Waals surface area (Å²) in [6, 6.07) is 18.3. The minimum atomic E-state index is 0.121. The first-order valence-corrected chi connectivity index (χ1v) is 12.7. The van der Waals surface area contributed by atoms with Gasteiger partial charge >= 0.3 is 0 Å². The molecule has 2 aromatic rings. The quantitative estimate of drug-likeness (QED) is 0.188. The van der Waals surface area contributed by atoms with Crippen LogP contribution in [-0.4, -0.2) is 18.4 Å². The molecule has 3 heteroatoms. The van der Waals surface area contributed by atoms with Crippen molar-refractivity contribution in [1.29, 1.82) is 0 Å². The summed E-state index contributed by atoms with van der Waals surface area (Å²) in [5.74, 6) is 0.121.